The van der Waals surface area contributed by atoms with Gasteiger partial charge in [0.1, 0.15) is 17.7 Å². The second-order valence-electron chi connectivity index (χ2n) is 6.81. The van der Waals surface area contributed by atoms with Crippen LogP contribution in [0.15, 0.2) is 24.5 Å². The summed E-state index contributed by atoms with van der Waals surface area (Å²) in [6.07, 6.45) is 3.95. The molecule has 2 saturated heterocycles. The number of morpholine rings is 1. The van der Waals surface area contributed by atoms with Crippen LogP contribution in [0, 0.1) is 6.92 Å². The van der Waals surface area contributed by atoms with Crippen LogP contribution in [0.1, 0.15) is 25.3 Å². The van der Waals surface area contributed by atoms with Crippen molar-refractivity contribution in [1.29, 1.82) is 0 Å². The van der Waals surface area contributed by atoms with E-state index in [1.54, 1.807) is 6.33 Å². The molecule has 0 saturated carbocycles. The summed E-state index contributed by atoms with van der Waals surface area (Å²) in [5.41, 5.74) is 2.02. The van der Waals surface area contributed by atoms with Crippen LogP contribution >= 0.6 is 0 Å². The first-order valence-corrected chi connectivity index (χ1v) is 8.38. The molecule has 1 aromatic heterocycles. The van der Waals surface area contributed by atoms with Gasteiger partial charge in [-0.05, 0) is 38.3 Å². The fraction of sp³-hybridized carbons (Fsp3) is 0.556. The fourth-order valence-electron chi connectivity index (χ4n) is 3.93. The molecule has 2 aliphatic rings. The Balaban J connectivity index is 1.75. The number of aromatic nitrogens is 2. The molecule has 1 spiro atoms. The second kappa shape index (κ2) is 5.73. The van der Waals surface area contributed by atoms with Crippen molar-refractivity contribution in [3.8, 4) is 0 Å². The molecule has 1 aromatic carbocycles. The van der Waals surface area contributed by atoms with E-state index in [0.717, 1.165) is 49.3 Å². The van der Waals surface area contributed by atoms with E-state index in [4.69, 9.17) is 9.47 Å². The van der Waals surface area contributed by atoms with Gasteiger partial charge in [-0.1, -0.05) is 12.1 Å². The van der Waals surface area contributed by atoms with Gasteiger partial charge in [-0.3, -0.25) is 0 Å². The molecule has 2 unspecified atom stereocenters. The van der Waals surface area contributed by atoms with Gasteiger partial charge >= 0.3 is 0 Å². The maximum absolute atomic E-state index is 6.30. The molecule has 0 amide bonds. The highest BCUT2D eigenvalue weighted by atomic mass is 16.6. The molecule has 0 bridgehead atoms. The number of ether oxygens (including phenoxy) is 2. The molecule has 2 aromatic rings. The highest BCUT2D eigenvalue weighted by Crippen LogP contribution is 2.34. The van der Waals surface area contributed by atoms with Crippen molar-refractivity contribution in [3.05, 3.63) is 30.1 Å². The Kier molecular flexibility index (Phi) is 3.70. The van der Waals surface area contributed by atoms with Gasteiger partial charge in [-0.25, -0.2) is 9.97 Å². The number of anilines is 1. The fourth-order valence-corrected chi connectivity index (χ4v) is 3.93. The standard InChI is InChI=1S/C18H23N3O2/c1-13-5-3-6-15-16(13)17(20-12-19-15)21-9-14(2)23-18(10-21)7-4-8-22-11-18/h3,5-6,12,14H,4,7-11H2,1-2H3. The maximum Gasteiger partial charge on any atom is 0.140 e. The quantitative estimate of drug-likeness (QED) is 0.810. The predicted octanol–water partition coefficient (Wildman–Crippen LogP) is 2.71. The van der Waals surface area contributed by atoms with E-state index < -0.39 is 0 Å². The zero-order valence-electron chi connectivity index (χ0n) is 13.8. The molecule has 5 heteroatoms. The monoisotopic (exact) mass is 313 g/mol. The Bertz CT molecular complexity index is 707. The minimum absolute atomic E-state index is 0.166. The second-order valence-corrected chi connectivity index (χ2v) is 6.81. The van der Waals surface area contributed by atoms with Crippen LogP contribution in [0.3, 0.4) is 0 Å². The summed E-state index contributed by atoms with van der Waals surface area (Å²) < 4.78 is 12.0. The van der Waals surface area contributed by atoms with E-state index >= 15 is 0 Å². The van der Waals surface area contributed by atoms with E-state index in [9.17, 15) is 0 Å². The lowest BCUT2D eigenvalue weighted by molar-refractivity contribution is -0.160. The van der Waals surface area contributed by atoms with Gasteiger partial charge in [-0.15, -0.1) is 0 Å². The Morgan fingerprint density at radius 1 is 1.30 bits per heavy atom. The third-order valence-electron chi connectivity index (χ3n) is 4.84. The summed E-state index contributed by atoms with van der Waals surface area (Å²) in [6, 6.07) is 6.22. The number of fused-ring (bicyclic) bond motifs is 1. The molecule has 2 atom stereocenters. The van der Waals surface area contributed by atoms with Crippen molar-refractivity contribution >= 4 is 16.7 Å². The van der Waals surface area contributed by atoms with Crippen LogP contribution in [0.5, 0.6) is 0 Å². The molecule has 23 heavy (non-hydrogen) atoms. The van der Waals surface area contributed by atoms with E-state index in [2.05, 4.69) is 40.8 Å². The number of benzene rings is 1. The number of hydrogen-bond acceptors (Lipinski definition) is 5. The van der Waals surface area contributed by atoms with Crippen molar-refractivity contribution in [1.82, 2.24) is 9.97 Å². The summed E-state index contributed by atoms with van der Waals surface area (Å²) in [4.78, 5) is 11.4. The normalized spacial score (nSPS) is 28.4. The summed E-state index contributed by atoms with van der Waals surface area (Å²) >= 11 is 0. The average Bonchev–Trinajstić information content (AvgIpc) is 2.54. The van der Waals surface area contributed by atoms with Gasteiger partial charge in [-0.2, -0.15) is 0 Å². The lowest BCUT2D eigenvalue weighted by Crippen LogP contribution is -2.59. The molecule has 2 fully saturated rings. The molecule has 5 nitrogen and oxygen atoms in total. The number of nitrogens with zero attached hydrogens (tertiary/aromatic N) is 3. The molecule has 0 radical (unpaired) electrons. The highest BCUT2D eigenvalue weighted by molar-refractivity contribution is 5.92. The van der Waals surface area contributed by atoms with Crippen LogP contribution in [-0.2, 0) is 9.47 Å². The predicted molar refractivity (Wildman–Crippen MR) is 89.8 cm³/mol. The average molecular weight is 313 g/mol. The van der Waals surface area contributed by atoms with E-state index in [1.165, 1.54) is 5.56 Å². The van der Waals surface area contributed by atoms with Gasteiger partial charge in [0.25, 0.3) is 0 Å². The van der Waals surface area contributed by atoms with Gasteiger partial charge in [0.15, 0.2) is 0 Å². The Hall–Kier alpha value is -1.72. The van der Waals surface area contributed by atoms with Crippen LogP contribution in [0.4, 0.5) is 5.82 Å². The van der Waals surface area contributed by atoms with E-state index in [1.807, 2.05) is 6.07 Å². The van der Waals surface area contributed by atoms with Crippen LogP contribution in [0.2, 0.25) is 0 Å². The lowest BCUT2D eigenvalue weighted by Gasteiger charge is -2.47. The van der Waals surface area contributed by atoms with Crippen molar-refractivity contribution in [2.45, 2.75) is 38.4 Å². The highest BCUT2D eigenvalue weighted by Gasteiger charge is 2.42. The third kappa shape index (κ3) is 2.68. The van der Waals surface area contributed by atoms with Crippen molar-refractivity contribution < 1.29 is 9.47 Å². The van der Waals surface area contributed by atoms with Crippen LogP contribution in [-0.4, -0.2) is 48.0 Å². The largest absolute Gasteiger partial charge is 0.378 e. The zero-order valence-corrected chi connectivity index (χ0v) is 13.8. The van der Waals surface area contributed by atoms with Crippen molar-refractivity contribution in [2.24, 2.45) is 0 Å². The van der Waals surface area contributed by atoms with Crippen molar-refractivity contribution in [3.63, 3.8) is 0 Å². The lowest BCUT2D eigenvalue weighted by atomic mass is 9.93. The van der Waals surface area contributed by atoms with Crippen LogP contribution in [0.25, 0.3) is 10.9 Å². The first-order chi connectivity index (χ1) is 11.2. The molecule has 3 heterocycles. The molecular weight excluding hydrogens is 290 g/mol. The van der Waals surface area contributed by atoms with Crippen molar-refractivity contribution in [2.75, 3.05) is 31.2 Å². The number of aryl methyl sites for hydroxylation is 1. The maximum atomic E-state index is 6.30. The first kappa shape index (κ1) is 14.8. The topological polar surface area (TPSA) is 47.5 Å². The Labute approximate surface area is 136 Å². The zero-order chi connectivity index (χ0) is 15.9. The molecule has 0 N–H and O–H groups in total. The smallest absolute Gasteiger partial charge is 0.140 e. The first-order valence-electron chi connectivity index (χ1n) is 8.38. The molecular formula is C18H23N3O2. The molecule has 0 aliphatic carbocycles. The van der Waals surface area contributed by atoms with E-state index in [-0.39, 0.29) is 11.7 Å². The molecule has 2 aliphatic heterocycles. The Morgan fingerprint density at radius 2 is 2.22 bits per heavy atom. The van der Waals surface area contributed by atoms with Gasteiger partial charge in [0.05, 0.1) is 24.8 Å². The number of rotatable bonds is 1. The SMILES string of the molecule is Cc1cccc2ncnc(N3CC(C)OC4(CCCOC4)C3)c12. The number of hydrogen-bond donors (Lipinski definition) is 0. The molecule has 122 valence electrons. The molecule has 4 rings (SSSR count). The summed E-state index contributed by atoms with van der Waals surface area (Å²) in [5.74, 6) is 1.02. The van der Waals surface area contributed by atoms with Gasteiger partial charge in [0.2, 0.25) is 0 Å². The third-order valence-corrected chi connectivity index (χ3v) is 4.84. The summed E-state index contributed by atoms with van der Waals surface area (Å²) in [7, 11) is 0. The van der Waals surface area contributed by atoms with Gasteiger partial charge in [0, 0.05) is 18.5 Å². The summed E-state index contributed by atoms with van der Waals surface area (Å²) in [6.45, 7) is 7.46. The minimum atomic E-state index is -0.199. The summed E-state index contributed by atoms with van der Waals surface area (Å²) in [5, 5.41) is 1.15. The van der Waals surface area contributed by atoms with E-state index in [0.29, 0.717) is 6.61 Å². The van der Waals surface area contributed by atoms with Gasteiger partial charge < -0.3 is 14.4 Å². The van der Waals surface area contributed by atoms with Crippen LogP contribution < -0.4 is 4.90 Å². The minimum Gasteiger partial charge on any atom is -0.378 e. The Morgan fingerprint density at radius 3 is 3.04 bits per heavy atom.